The maximum absolute atomic E-state index is 13.4. The van der Waals surface area contributed by atoms with Crippen molar-refractivity contribution in [3.05, 3.63) is 77.2 Å². The van der Waals surface area contributed by atoms with Gasteiger partial charge < -0.3 is 19.5 Å². The van der Waals surface area contributed by atoms with E-state index in [1.54, 1.807) is 52.1 Å². The Balaban J connectivity index is 2.35. The molecule has 41 heavy (non-hydrogen) atoms. The maximum Gasteiger partial charge on any atom is 0.407 e. The van der Waals surface area contributed by atoms with Crippen LogP contribution in [0.15, 0.2) is 66.1 Å². The zero-order valence-corrected chi connectivity index (χ0v) is 26.3. The molecule has 0 saturated heterocycles. The molecule has 9 nitrogen and oxygen atoms in total. The lowest BCUT2D eigenvalue weighted by Gasteiger charge is -2.28. The van der Waals surface area contributed by atoms with Gasteiger partial charge in [-0.25, -0.2) is 4.79 Å². The van der Waals surface area contributed by atoms with Crippen LogP contribution in [-0.2, 0) is 40.9 Å². The summed E-state index contributed by atoms with van der Waals surface area (Å²) in [6.07, 6.45) is 0.396. The van der Waals surface area contributed by atoms with Crippen molar-refractivity contribution < 1.29 is 36.4 Å². The van der Waals surface area contributed by atoms with Crippen molar-refractivity contribution in [2.24, 2.45) is 5.41 Å². The minimum atomic E-state index is -4.12. The molecule has 0 saturated carbocycles. The molecule has 0 heterocycles. The molecule has 2 atom stereocenters. The molecule has 2 aromatic carbocycles. The second-order valence-electron chi connectivity index (χ2n) is 11.5. The first-order valence-electron chi connectivity index (χ1n) is 13.1. The lowest BCUT2D eigenvalue weighted by molar-refractivity contribution is -0.154. The number of hydrogen-bond acceptors (Lipinski definition) is 9. The van der Waals surface area contributed by atoms with E-state index in [2.05, 4.69) is 5.32 Å². The number of benzene rings is 2. The van der Waals surface area contributed by atoms with Gasteiger partial charge in [0.2, 0.25) is 0 Å². The zero-order valence-electron chi connectivity index (χ0n) is 24.7. The van der Waals surface area contributed by atoms with E-state index in [4.69, 9.17) is 18.4 Å². The predicted octanol–water partition coefficient (Wildman–Crippen LogP) is 5.84. The second kappa shape index (κ2) is 15.3. The Labute approximate surface area is 248 Å². The SMILES string of the molecule is COc1ccc(CS[C@H](C(=O)OC(C)(C)C)[C@H](/C=C/S(=O)(=O)OCC(C)(C)C)NC(=O)OCc2ccccc2)cc1. The van der Waals surface area contributed by atoms with Crippen molar-refractivity contribution in [1.29, 1.82) is 0 Å². The minimum Gasteiger partial charge on any atom is -0.497 e. The molecule has 1 amide bonds. The van der Waals surface area contributed by atoms with Crippen molar-refractivity contribution in [3.63, 3.8) is 0 Å². The average molecular weight is 608 g/mol. The van der Waals surface area contributed by atoms with Crippen molar-refractivity contribution >= 4 is 33.9 Å². The fourth-order valence-corrected chi connectivity index (χ4v) is 5.26. The van der Waals surface area contributed by atoms with Gasteiger partial charge in [-0.1, -0.05) is 63.2 Å². The fourth-order valence-electron chi connectivity index (χ4n) is 3.19. The Kier molecular flexibility index (Phi) is 12.7. The molecule has 0 spiro atoms. The molecule has 0 aliphatic rings. The largest absolute Gasteiger partial charge is 0.497 e. The highest BCUT2D eigenvalue weighted by Crippen LogP contribution is 2.26. The number of carbonyl (C=O) groups is 2. The molecule has 0 fully saturated rings. The molecule has 0 aliphatic heterocycles. The molecule has 0 aromatic heterocycles. The Hall–Kier alpha value is -3.02. The number of alkyl carbamates (subject to hydrolysis) is 1. The van der Waals surface area contributed by atoms with Crippen LogP contribution in [0.3, 0.4) is 0 Å². The Bertz CT molecular complexity index is 1250. The van der Waals surface area contributed by atoms with Crippen LogP contribution in [0.2, 0.25) is 0 Å². The van der Waals surface area contributed by atoms with E-state index in [1.165, 1.54) is 17.8 Å². The molecule has 2 rings (SSSR count). The van der Waals surface area contributed by atoms with Crippen LogP contribution in [0, 0.1) is 5.41 Å². The zero-order chi connectivity index (χ0) is 30.7. The first kappa shape index (κ1) is 34.2. The first-order chi connectivity index (χ1) is 19.1. The fraction of sp³-hybridized carbons (Fsp3) is 0.467. The Morgan fingerprint density at radius 3 is 2.15 bits per heavy atom. The van der Waals surface area contributed by atoms with Crippen LogP contribution in [0.5, 0.6) is 5.75 Å². The molecular weight excluding hydrogens is 566 g/mol. The van der Waals surface area contributed by atoms with Crippen LogP contribution >= 0.6 is 11.8 Å². The number of thioether (sulfide) groups is 1. The Morgan fingerprint density at radius 1 is 0.951 bits per heavy atom. The topological polar surface area (TPSA) is 117 Å². The highest BCUT2D eigenvalue weighted by Gasteiger charge is 2.33. The van der Waals surface area contributed by atoms with E-state index in [0.717, 1.165) is 16.5 Å². The second-order valence-corrected chi connectivity index (χ2v) is 14.1. The van der Waals surface area contributed by atoms with E-state index in [-0.39, 0.29) is 13.2 Å². The van der Waals surface area contributed by atoms with Gasteiger partial charge in [0.05, 0.1) is 25.2 Å². The van der Waals surface area contributed by atoms with Gasteiger partial charge in [0.25, 0.3) is 10.1 Å². The standard InChI is InChI=1S/C30H41NO8S2/c1-29(2,3)21-38-41(34,35)18-17-25(31-28(33)37-19-22-11-9-8-10-12-22)26(27(32)39-30(4,5)6)40-20-23-13-15-24(36-7)16-14-23/h8-18,25-26H,19-21H2,1-7H3,(H,31,33)/b18-17+/t25-,26-/m0/s1. The number of amides is 1. The normalized spacial score (nSPS) is 13.8. The van der Waals surface area contributed by atoms with Crippen LogP contribution in [-0.4, -0.2) is 51.1 Å². The first-order valence-corrected chi connectivity index (χ1v) is 15.6. The summed E-state index contributed by atoms with van der Waals surface area (Å²) in [5, 5.41) is 2.48. The number of ether oxygens (including phenoxy) is 3. The van der Waals surface area contributed by atoms with E-state index in [1.807, 2.05) is 51.1 Å². The number of rotatable bonds is 13. The summed E-state index contributed by atoms with van der Waals surface area (Å²) in [6, 6.07) is 15.3. The van der Waals surface area contributed by atoms with Crippen molar-refractivity contribution in [1.82, 2.24) is 5.32 Å². The van der Waals surface area contributed by atoms with Gasteiger partial charge in [-0.2, -0.15) is 8.42 Å². The van der Waals surface area contributed by atoms with Crippen molar-refractivity contribution in [2.45, 2.75) is 70.8 Å². The van der Waals surface area contributed by atoms with E-state index in [0.29, 0.717) is 11.5 Å². The third-order valence-electron chi connectivity index (χ3n) is 5.16. The molecule has 11 heteroatoms. The summed E-state index contributed by atoms with van der Waals surface area (Å²) < 4.78 is 46.7. The quantitative estimate of drug-likeness (QED) is 0.221. The summed E-state index contributed by atoms with van der Waals surface area (Å²) in [7, 11) is -2.55. The lowest BCUT2D eigenvalue weighted by Crippen LogP contribution is -2.46. The number of hydrogen-bond donors (Lipinski definition) is 1. The third kappa shape index (κ3) is 13.9. The molecule has 0 radical (unpaired) electrons. The van der Waals surface area contributed by atoms with Gasteiger partial charge in [-0.05, 0) is 55.5 Å². The van der Waals surface area contributed by atoms with E-state index < -0.39 is 44.5 Å². The van der Waals surface area contributed by atoms with Gasteiger partial charge >= 0.3 is 12.1 Å². The third-order valence-corrected chi connectivity index (χ3v) is 7.44. The predicted molar refractivity (Wildman–Crippen MR) is 161 cm³/mol. The van der Waals surface area contributed by atoms with Gasteiger partial charge in [-0.15, -0.1) is 11.8 Å². The lowest BCUT2D eigenvalue weighted by atomic mass is 9.99. The summed E-state index contributed by atoms with van der Waals surface area (Å²) >= 11 is 1.20. The highest BCUT2D eigenvalue weighted by molar-refractivity contribution is 7.99. The minimum absolute atomic E-state index is 0.00774. The molecule has 2 aromatic rings. The van der Waals surface area contributed by atoms with Gasteiger partial charge in [0.1, 0.15) is 23.2 Å². The van der Waals surface area contributed by atoms with E-state index in [9.17, 15) is 18.0 Å². The highest BCUT2D eigenvalue weighted by atomic mass is 32.2. The monoisotopic (exact) mass is 607 g/mol. The summed E-state index contributed by atoms with van der Waals surface area (Å²) in [5.41, 5.74) is 0.443. The van der Waals surface area contributed by atoms with Crippen molar-refractivity contribution in [2.75, 3.05) is 13.7 Å². The number of nitrogens with one attached hydrogen (secondary N) is 1. The summed E-state index contributed by atoms with van der Waals surface area (Å²) in [6.45, 7) is 10.7. The number of methoxy groups -OCH3 is 1. The van der Waals surface area contributed by atoms with Crippen LogP contribution < -0.4 is 10.1 Å². The molecular formula is C30H41NO8S2. The van der Waals surface area contributed by atoms with E-state index >= 15 is 0 Å². The molecule has 0 bridgehead atoms. The maximum atomic E-state index is 13.4. The van der Waals surface area contributed by atoms with Crippen LogP contribution in [0.1, 0.15) is 52.7 Å². The Morgan fingerprint density at radius 2 is 1.59 bits per heavy atom. The number of esters is 1. The molecule has 0 unspecified atom stereocenters. The molecule has 1 N–H and O–H groups in total. The van der Waals surface area contributed by atoms with Crippen LogP contribution in [0.25, 0.3) is 0 Å². The summed E-state index contributed by atoms with van der Waals surface area (Å²) in [5.74, 6) is 0.431. The molecule has 0 aliphatic carbocycles. The smallest absolute Gasteiger partial charge is 0.407 e. The number of carbonyl (C=O) groups excluding carboxylic acids is 2. The molecule has 226 valence electrons. The summed E-state index contributed by atoms with van der Waals surface area (Å²) in [4.78, 5) is 26.2. The average Bonchev–Trinajstić information content (AvgIpc) is 2.89. The van der Waals surface area contributed by atoms with Gasteiger partial charge in [-0.3, -0.25) is 8.98 Å². The van der Waals surface area contributed by atoms with Crippen molar-refractivity contribution in [3.8, 4) is 5.75 Å². The van der Waals surface area contributed by atoms with Gasteiger partial charge in [0.15, 0.2) is 0 Å². The van der Waals surface area contributed by atoms with Crippen LogP contribution in [0.4, 0.5) is 4.79 Å². The van der Waals surface area contributed by atoms with Gasteiger partial charge in [0, 0.05) is 5.75 Å².